The van der Waals surface area contributed by atoms with E-state index < -0.39 is 5.97 Å². The molecular weight excluding hydrogens is 348 g/mol. The van der Waals surface area contributed by atoms with E-state index in [1.165, 1.54) is 28.9 Å². The van der Waals surface area contributed by atoms with E-state index in [1.807, 2.05) is 23.6 Å². The molecule has 1 aromatic heterocycles. The van der Waals surface area contributed by atoms with E-state index in [2.05, 4.69) is 34.6 Å². The molecule has 3 aromatic carbocycles. The van der Waals surface area contributed by atoms with Crippen LogP contribution in [0, 0.1) is 0 Å². The Morgan fingerprint density at radius 1 is 1.00 bits per heavy atom. The number of rotatable bonds is 4. The number of carboxylic acids is 1. The lowest BCUT2D eigenvalue weighted by molar-refractivity contribution is 0.0694. The fraction of sp³-hybridized carbons (Fsp3) is 0. The number of hydrogen-bond acceptors (Lipinski definition) is 5. The van der Waals surface area contributed by atoms with Gasteiger partial charge in [0.1, 0.15) is 11.3 Å². The number of nitrogens with one attached hydrogen (secondary N) is 1. The zero-order chi connectivity index (χ0) is 18.1. The molecule has 0 aliphatic heterocycles. The van der Waals surface area contributed by atoms with Crippen molar-refractivity contribution >= 4 is 38.9 Å². The molecule has 5 nitrogen and oxygen atoms in total. The highest BCUT2D eigenvalue weighted by Crippen LogP contribution is 2.30. The number of carbonyl (C=O) groups is 1. The minimum absolute atomic E-state index is 0.133. The van der Waals surface area contributed by atoms with E-state index in [-0.39, 0.29) is 11.3 Å². The Kier molecular flexibility index (Phi) is 4.02. The lowest BCUT2D eigenvalue weighted by atomic mass is 10.1. The Hall–Kier alpha value is -3.38. The van der Waals surface area contributed by atoms with Crippen LogP contribution in [-0.4, -0.2) is 21.2 Å². The Bertz CT molecular complexity index is 1120. The van der Waals surface area contributed by atoms with Crippen molar-refractivity contribution in [2.24, 2.45) is 0 Å². The lowest BCUT2D eigenvalue weighted by Gasteiger charge is -2.05. The van der Waals surface area contributed by atoms with Gasteiger partial charge in [-0.2, -0.15) is 0 Å². The number of aromatic carboxylic acids is 1. The van der Waals surface area contributed by atoms with Crippen LogP contribution in [0.15, 0.2) is 66.0 Å². The molecule has 0 radical (unpaired) electrons. The van der Waals surface area contributed by atoms with Crippen molar-refractivity contribution < 1.29 is 15.0 Å². The van der Waals surface area contributed by atoms with Gasteiger partial charge in [-0.25, -0.2) is 9.78 Å². The first kappa shape index (κ1) is 16.1. The standard InChI is InChI=1S/C20H14N2O3S/c23-18-10-15(7-8-16(18)19(24)25)21-20-22-17(11-26-20)14-6-5-12-3-1-2-4-13(12)9-14/h1-11,23H,(H,21,22)(H,24,25). The van der Waals surface area contributed by atoms with Crippen LogP contribution in [0.4, 0.5) is 10.8 Å². The molecule has 4 aromatic rings. The number of benzene rings is 3. The summed E-state index contributed by atoms with van der Waals surface area (Å²) < 4.78 is 0. The second-order valence-electron chi connectivity index (χ2n) is 5.76. The molecular formula is C20H14N2O3S. The fourth-order valence-corrected chi connectivity index (χ4v) is 3.47. The van der Waals surface area contributed by atoms with Gasteiger partial charge in [0.2, 0.25) is 0 Å². The van der Waals surface area contributed by atoms with Gasteiger partial charge >= 0.3 is 5.97 Å². The van der Waals surface area contributed by atoms with Gasteiger partial charge in [-0.3, -0.25) is 0 Å². The molecule has 0 saturated heterocycles. The molecule has 4 rings (SSSR count). The highest BCUT2D eigenvalue weighted by molar-refractivity contribution is 7.14. The van der Waals surface area contributed by atoms with Crippen molar-refractivity contribution in [3.05, 3.63) is 71.6 Å². The summed E-state index contributed by atoms with van der Waals surface area (Å²) in [4.78, 5) is 15.5. The third-order valence-electron chi connectivity index (χ3n) is 4.03. The van der Waals surface area contributed by atoms with Crippen molar-refractivity contribution in [1.29, 1.82) is 0 Å². The molecule has 0 bridgehead atoms. The summed E-state index contributed by atoms with van der Waals surface area (Å²) >= 11 is 1.44. The molecule has 0 spiro atoms. The van der Waals surface area contributed by atoms with Crippen LogP contribution in [0.2, 0.25) is 0 Å². The van der Waals surface area contributed by atoms with Gasteiger partial charge in [0.15, 0.2) is 5.13 Å². The smallest absolute Gasteiger partial charge is 0.339 e. The van der Waals surface area contributed by atoms with Gasteiger partial charge in [0.05, 0.1) is 5.69 Å². The zero-order valence-electron chi connectivity index (χ0n) is 13.5. The van der Waals surface area contributed by atoms with Crippen molar-refractivity contribution in [2.75, 3.05) is 5.32 Å². The van der Waals surface area contributed by atoms with Crippen LogP contribution in [-0.2, 0) is 0 Å². The Morgan fingerprint density at radius 2 is 1.81 bits per heavy atom. The molecule has 0 aliphatic rings. The maximum Gasteiger partial charge on any atom is 0.339 e. The highest BCUT2D eigenvalue weighted by atomic mass is 32.1. The number of anilines is 2. The second kappa shape index (κ2) is 6.50. The van der Waals surface area contributed by atoms with Crippen molar-refractivity contribution in [2.45, 2.75) is 0 Å². The van der Waals surface area contributed by atoms with E-state index in [1.54, 1.807) is 6.07 Å². The number of phenols is 1. The monoisotopic (exact) mass is 362 g/mol. The molecule has 0 aliphatic carbocycles. The van der Waals surface area contributed by atoms with Crippen LogP contribution in [0.5, 0.6) is 5.75 Å². The van der Waals surface area contributed by atoms with E-state index in [0.29, 0.717) is 10.8 Å². The minimum atomic E-state index is -1.16. The SMILES string of the molecule is O=C(O)c1ccc(Nc2nc(-c3ccc4ccccc4c3)cs2)cc1O. The molecule has 0 saturated carbocycles. The number of nitrogens with zero attached hydrogens (tertiary/aromatic N) is 1. The van der Waals surface area contributed by atoms with E-state index in [9.17, 15) is 9.90 Å². The van der Waals surface area contributed by atoms with Crippen LogP contribution in [0.1, 0.15) is 10.4 Å². The predicted molar refractivity (Wildman–Crippen MR) is 103 cm³/mol. The molecule has 0 unspecified atom stereocenters. The lowest BCUT2D eigenvalue weighted by Crippen LogP contribution is -1.97. The number of carboxylic acid groups (broad SMARTS) is 1. The molecule has 6 heteroatoms. The van der Waals surface area contributed by atoms with Gasteiger partial charge in [0, 0.05) is 22.7 Å². The van der Waals surface area contributed by atoms with Crippen LogP contribution in [0.3, 0.4) is 0 Å². The highest BCUT2D eigenvalue weighted by Gasteiger charge is 2.11. The van der Waals surface area contributed by atoms with Crippen LogP contribution in [0.25, 0.3) is 22.0 Å². The largest absolute Gasteiger partial charge is 0.507 e. The van der Waals surface area contributed by atoms with E-state index >= 15 is 0 Å². The zero-order valence-corrected chi connectivity index (χ0v) is 14.3. The molecule has 128 valence electrons. The minimum Gasteiger partial charge on any atom is -0.507 e. The topological polar surface area (TPSA) is 82.5 Å². The first-order chi connectivity index (χ1) is 12.6. The second-order valence-corrected chi connectivity index (χ2v) is 6.62. The molecule has 3 N–H and O–H groups in total. The predicted octanol–water partition coefficient (Wildman–Crippen LogP) is 5.11. The maximum absolute atomic E-state index is 11.0. The van der Waals surface area contributed by atoms with Crippen LogP contribution >= 0.6 is 11.3 Å². The Labute approximate surface area is 153 Å². The van der Waals surface area contributed by atoms with E-state index in [0.717, 1.165) is 16.6 Å². The van der Waals surface area contributed by atoms with Gasteiger partial charge in [-0.1, -0.05) is 36.4 Å². The van der Waals surface area contributed by atoms with E-state index in [4.69, 9.17) is 5.11 Å². The summed E-state index contributed by atoms with van der Waals surface area (Å²) in [7, 11) is 0. The van der Waals surface area contributed by atoms with Gasteiger partial charge in [-0.05, 0) is 29.0 Å². The fourth-order valence-electron chi connectivity index (χ4n) is 2.73. The summed E-state index contributed by atoms with van der Waals surface area (Å²) in [5.41, 5.74) is 2.32. The third-order valence-corrected chi connectivity index (χ3v) is 4.79. The number of aromatic nitrogens is 1. The molecule has 1 heterocycles. The number of thiazole rings is 1. The number of fused-ring (bicyclic) bond motifs is 1. The van der Waals surface area contributed by atoms with Crippen molar-refractivity contribution in [3.63, 3.8) is 0 Å². The molecule has 0 atom stereocenters. The summed E-state index contributed by atoms with van der Waals surface area (Å²) in [6, 6.07) is 18.7. The number of hydrogen-bond donors (Lipinski definition) is 3. The van der Waals surface area contributed by atoms with Gasteiger partial charge in [0.25, 0.3) is 0 Å². The average molecular weight is 362 g/mol. The summed E-state index contributed by atoms with van der Waals surface area (Å²) in [5, 5.41) is 26.8. The van der Waals surface area contributed by atoms with Gasteiger partial charge in [-0.15, -0.1) is 11.3 Å². The average Bonchev–Trinajstić information content (AvgIpc) is 3.09. The van der Waals surface area contributed by atoms with Crippen LogP contribution < -0.4 is 5.32 Å². The molecule has 26 heavy (non-hydrogen) atoms. The van der Waals surface area contributed by atoms with Crippen molar-refractivity contribution in [3.8, 4) is 17.0 Å². The van der Waals surface area contributed by atoms with Gasteiger partial charge < -0.3 is 15.5 Å². The first-order valence-electron chi connectivity index (χ1n) is 7.88. The quantitative estimate of drug-likeness (QED) is 0.470. The normalized spacial score (nSPS) is 10.8. The summed E-state index contributed by atoms with van der Waals surface area (Å²) in [6.07, 6.45) is 0. The third kappa shape index (κ3) is 3.10. The van der Waals surface area contributed by atoms with Crippen molar-refractivity contribution in [1.82, 2.24) is 4.98 Å². The molecule has 0 amide bonds. The Balaban J connectivity index is 1.59. The Morgan fingerprint density at radius 3 is 2.58 bits per heavy atom. The maximum atomic E-state index is 11.0. The summed E-state index contributed by atoms with van der Waals surface area (Å²) in [6.45, 7) is 0. The summed E-state index contributed by atoms with van der Waals surface area (Å²) in [5.74, 6) is -1.45. The molecule has 0 fully saturated rings. The number of aromatic hydroxyl groups is 1. The first-order valence-corrected chi connectivity index (χ1v) is 8.76.